The van der Waals surface area contributed by atoms with Crippen LogP contribution in [0.15, 0.2) is 24.3 Å². The van der Waals surface area contributed by atoms with E-state index in [-0.39, 0.29) is 18.4 Å². The molecule has 0 radical (unpaired) electrons. The van der Waals surface area contributed by atoms with Crippen LogP contribution < -0.4 is 0 Å². The van der Waals surface area contributed by atoms with E-state index in [0.717, 1.165) is 25.7 Å². The number of nitrogens with zero attached hydrogens (tertiary/aromatic N) is 2. The summed E-state index contributed by atoms with van der Waals surface area (Å²) in [4.78, 5) is 28.3. The quantitative estimate of drug-likeness (QED) is 0.832. The molecule has 6 heteroatoms. The minimum atomic E-state index is -0.859. The van der Waals surface area contributed by atoms with E-state index in [1.165, 1.54) is 11.0 Å². The summed E-state index contributed by atoms with van der Waals surface area (Å²) in [7, 11) is 1.60. The molecule has 1 aromatic rings. The highest BCUT2D eigenvalue weighted by Crippen LogP contribution is 2.32. The van der Waals surface area contributed by atoms with Gasteiger partial charge in [-0.25, -0.2) is 4.39 Å². The molecule has 24 heavy (non-hydrogen) atoms. The zero-order valence-electron chi connectivity index (χ0n) is 13.9. The second kappa shape index (κ2) is 7.30. The molecule has 0 N–H and O–H groups in total. The Morgan fingerprint density at radius 3 is 2.50 bits per heavy atom. The Hall–Kier alpha value is -1.95. The van der Waals surface area contributed by atoms with E-state index in [1.807, 2.05) is 0 Å². The maximum atomic E-state index is 14.3. The van der Waals surface area contributed by atoms with Gasteiger partial charge < -0.3 is 14.5 Å². The molecule has 2 aliphatic rings. The second-order valence-corrected chi connectivity index (χ2v) is 6.44. The molecule has 130 valence electrons. The fourth-order valence-electron chi connectivity index (χ4n) is 3.48. The summed E-state index contributed by atoms with van der Waals surface area (Å²) in [6.45, 7) is 1.24. The summed E-state index contributed by atoms with van der Waals surface area (Å²) < 4.78 is 19.9. The number of likely N-dealkylation sites (N-methyl/N-ethyl adjacent to an activating group) is 1. The highest BCUT2D eigenvalue weighted by Gasteiger charge is 2.42. The minimum absolute atomic E-state index is 0.147. The number of morpholine rings is 1. The summed E-state index contributed by atoms with van der Waals surface area (Å²) in [6.07, 6.45) is 3.31. The van der Waals surface area contributed by atoms with Crippen molar-refractivity contribution in [3.05, 3.63) is 35.6 Å². The molecule has 2 aliphatic heterocycles. The lowest BCUT2D eigenvalue weighted by molar-refractivity contribution is -0.167. The van der Waals surface area contributed by atoms with Crippen molar-refractivity contribution >= 4 is 11.8 Å². The number of carbonyl (C=O) groups excluding carboxylic acids is 2. The normalized spacial score (nSPS) is 25.5. The third-order valence-electron chi connectivity index (χ3n) is 4.87. The van der Waals surface area contributed by atoms with E-state index in [0.29, 0.717) is 18.7 Å². The molecule has 0 aromatic heterocycles. The van der Waals surface area contributed by atoms with Crippen molar-refractivity contribution in [2.24, 2.45) is 0 Å². The van der Waals surface area contributed by atoms with Crippen molar-refractivity contribution in [1.82, 2.24) is 9.80 Å². The zero-order chi connectivity index (χ0) is 17.1. The number of rotatable bonds is 2. The van der Waals surface area contributed by atoms with E-state index in [4.69, 9.17) is 4.74 Å². The van der Waals surface area contributed by atoms with Gasteiger partial charge in [0.05, 0.1) is 6.04 Å². The van der Waals surface area contributed by atoms with Gasteiger partial charge in [0.15, 0.2) is 6.10 Å². The van der Waals surface area contributed by atoms with Crippen LogP contribution >= 0.6 is 0 Å². The molecule has 2 saturated heterocycles. The van der Waals surface area contributed by atoms with Crippen LogP contribution in [0.2, 0.25) is 0 Å². The Labute approximate surface area is 141 Å². The molecule has 3 rings (SSSR count). The maximum Gasteiger partial charge on any atom is 0.254 e. The summed E-state index contributed by atoms with van der Waals surface area (Å²) in [5.41, 5.74) is 0.321. The molecule has 2 amide bonds. The number of ether oxygens (including phenoxy) is 1. The number of hydrogen-bond acceptors (Lipinski definition) is 3. The first kappa shape index (κ1) is 16.9. The van der Waals surface area contributed by atoms with Gasteiger partial charge in [-0.1, -0.05) is 31.0 Å². The van der Waals surface area contributed by atoms with Crippen molar-refractivity contribution in [1.29, 1.82) is 0 Å². The van der Waals surface area contributed by atoms with Gasteiger partial charge in [-0.15, -0.1) is 0 Å². The average Bonchev–Trinajstić information content (AvgIpc) is 2.87. The molecule has 0 spiro atoms. The van der Waals surface area contributed by atoms with Gasteiger partial charge >= 0.3 is 0 Å². The Balaban J connectivity index is 1.90. The molecular formula is C18H23FN2O3. The van der Waals surface area contributed by atoms with E-state index in [9.17, 15) is 14.0 Å². The van der Waals surface area contributed by atoms with Crippen LogP contribution in [0.5, 0.6) is 0 Å². The SMILES string of the molecule is CN1C(=O)CO[C@@H](C(=O)N2CCCCCC2)[C@H]1c1ccccc1F. The maximum absolute atomic E-state index is 14.3. The summed E-state index contributed by atoms with van der Waals surface area (Å²) in [6, 6.07) is 5.52. The van der Waals surface area contributed by atoms with Crippen LogP contribution in [0, 0.1) is 5.82 Å². The summed E-state index contributed by atoms with van der Waals surface area (Å²) in [5, 5.41) is 0. The van der Waals surface area contributed by atoms with Crippen LogP contribution in [0.4, 0.5) is 4.39 Å². The fourth-order valence-corrected chi connectivity index (χ4v) is 3.48. The van der Waals surface area contributed by atoms with Crippen LogP contribution in [0.3, 0.4) is 0 Å². The molecule has 2 fully saturated rings. The van der Waals surface area contributed by atoms with Crippen LogP contribution in [0.1, 0.15) is 37.3 Å². The highest BCUT2D eigenvalue weighted by molar-refractivity contribution is 5.86. The Kier molecular flexibility index (Phi) is 5.14. The number of amides is 2. The van der Waals surface area contributed by atoms with Gasteiger partial charge in [-0.2, -0.15) is 0 Å². The zero-order valence-corrected chi connectivity index (χ0v) is 13.9. The Bertz CT molecular complexity index is 614. The van der Waals surface area contributed by atoms with Gasteiger partial charge in [0.1, 0.15) is 12.4 Å². The van der Waals surface area contributed by atoms with Gasteiger partial charge in [-0.05, 0) is 18.9 Å². The van der Waals surface area contributed by atoms with Crippen LogP contribution in [-0.4, -0.2) is 54.5 Å². The standard InChI is InChI=1S/C18H23FN2O3/c1-20-15(22)12-24-17(16(20)13-8-4-5-9-14(13)19)18(23)21-10-6-2-3-7-11-21/h4-5,8-9,16-17H,2-3,6-7,10-12H2,1H3/t16-,17-/m1/s1. The Morgan fingerprint density at radius 1 is 1.17 bits per heavy atom. The molecular weight excluding hydrogens is 311 g/mol. The number of halogens is 1. The highest BCUT2D eigenvalue weighted by atomic mass is 19.1. The minimum Gasteiger partial charge on any atom is -0.356 e. The Morgan fingerprint density at radius 2 is 1.83 bits per heavy atom. The molecule has 5 nitrogen and oxygen atoms in total. The molecule has 0 saturated carbocycles. The molecule has 0 bridgehead atoms. The monoisotopic (exact) mass is 334 g/mol. The first-order valence-corrected chi connectivity index (χ1v) is 8.50. The van der Waals surface area contributed by atoms with E-state index in [1.54, 1.807) is 30.1 Å². The van der Waals surface area contributed by atoms with E-state index >= 15 is 0 Å². The lowest BCUT2D eigenvalue weighted by atomic mass is 9.96. The summed E-state index contributed by atoms with van der Waals surface area (Å²) in [5.74, 6) is -0.825. The average molecular weight is 334 g/mol. The predicted molar refractivity (Wildman–Crippen MR) is 86.7 cm³/mol. The smallest absolute Gasteiger partial charge is 0.254 e. The van der Waals surface area contributed by atoms with Crippen LogP contribution in [0.25, 0.3) is 0 Å². The van der Waals surface area contributed by atoms with Crippen molar-refractivity contribution < 1.29 is 18.7 Å². The third-order valence-corrected chi connectivity index (χ3v) is 4.87. The number of benzene rings is 1. The van der Waals surface area contributed by atoms with Crippen molar-refractivity contribution in [3.8, 4) is 0 Å². The largest absolute Gasteiger partial charge is 0.356 e. The molecule has 2 atom stereocenters. The number of hydrogen-bond donors (Lipinski definition) is 0. The predicted octanol–water partition coefficient (Wildman–Crippen LogP) is 2.13. The molecule has 1 aromatic carbocycles. The van der Waals surface area contributed by atoms with Crippen molar-refractivity contribution in [2.75, 3.05) is 26.7 Å². The van der Waals surface area contributed by atoms with Crippen molar-refractivity contribution in [3.63, 3.8) is 0 Å². The first-order valence-electron chi connectivity index (χ1n) is 8.50. The van der Waals surface area contributed by atoms with Crippen molar-refractivity contribution in [2.45, 2.75) is 37.8 Å². The second-order valence-electron chi connectivity index (χ2n) is 6.44. The van der Waals surface area contributed by atoms with Gasteiger partial charge in [0.25, 0.3) is 5.91 Å². The molecule has 0 aliphatic carbocycles. The van der Waals surface area contributed by atoms with Gasteiger partial charge in [0.2, 0.25) is 5.91 Å². The first-order chi connectivity index (χ1) is 11.6. The van der Waals surface area contributed by atoms with Gasteiger partial charge in [-0.3, -0.25) is 9.59 Å². The summed E-state index contributed by atoms with van der Waals surface area (Å²) >= 11 is 0. The fraction of sp³-hybridized carbons (Fsp3) is 0.556. The van der Waals surface area contributed by atoms with Crippen LogP contribution in [-0.2, 0) is 14.3 Å². The van der Waals surface area contributed by atoms with E-state index in [2.05, 4.69) is 0 Å². The van der Waals surface area contributed by atoms with Gasteiger partial charge in [0, 0.05) is 25.7 Å². The van der Waals surface area contributed by atoms with E-state index < -0.39 is 18.0 Å². The third kappa shape index (κ3) is 3.29. The topological polar surface area (TPSA) is 49.9 Å². The number of carbonyl (C=O) groups is 2. The molecule has 0 unspecified atom stereocenters. The number of likely N-dealkylation sites (tertiary alicyclic amines) is 1. The molecule has 2 heterocycles. The lowest BCUT2D eigenvalue weighted by Gasteiger charge is -2.40. The lowest BCUT2D eigenvalue weighted by Crippen LogP contribution is -2.54.